The van der Waals surface area contributed by atoms with Gasteiger partial charge in [-0.1, -0.05) is 6.92 Å². The topological polar surface area (TPSA) is 50.8 Å². The van der Waals surface area contributed by atoms with E-state index in [1.807, 2.05) is 18.9 Å². The average Bonchev–Trinajstić information content (AvgIpc) is 2.97. The van der Waals surface area contributed by atoms with Gasteiger partial charge in [0, 0.05) is 19.7 Å². The highest BCUT2D eigenvalue weighted by molar-refractivity contribution is 5.80. The van der Waals surface area contributed by atoms with Crippen LogP contribution in [0.15, 0.2) is 0 Å². The minimum absolute atomic E-state index is 0.0530. The number of hydrogen-bond donors (Lipinski definition) is 1. The number of likely N-dealkylation sites (N-methyl/N-ethyl adjacent to an activating group) is 2. The molecule has 2 saturated heterocycles. The minimum atomic E-state index is -0.0530. The Hall–Kier alpha value is -0.650. The van der Waals surface area contributed by atoms with Gasteiger partial charge in [-0.2, -0.15) is 0 Å². The maximum atomic E-state index is 12.5. The molecule has 5 nitrogen and oxygen atoms in total. The highest BCUT2D eigenvalue weighted by Gasteiger charge is 2.39. The van der Waals surface area contributed by atoms with Crippen molar-refractivity contribution in [3.63, 3.8) is 0 Å². The zero-order chi connectivity index (χ0) is 13.1. The fourth-order valence-electron chi connectivity index (χ4n) is 2.92. The van der Waals surface area contributed by atoms with Crippen LogP contribution in [0.2, 0.25) is 0 Å². The molecule has 2 aliphatic heterocycles. The second-order valence-corrected chi connectivity index (χ2v) is 5.19. The van der Waals surface area contributed by atoms with Gasteiger partial charge in [0.2, 0.25) is 5.91 Å². The van der Waals surface area contributed by atoms with Gasteiger partial charge >= 0.3 is 0 Å². The highest BCUT2D eigenvalue weighted by Crippen LogP contribution is 2.23. The number of amides is 1. The van der Waals surface area contributed by atoms with Gasteiger partial charge in [-0.25, -0.2) is 0 Å². The van der Waals surface area contributed by atoms with Crippen LogP contribution in [-0.2, 0) is 14.3 Å². The molecule has 2 rings (SSSR count). The Labute approximate surface area is 109 Å². The Morgan fingerprint density at radius 1 is 1.44 bits per heavy atom. The zero-order valence-corrected chi connectivity index (χ0v) is 11.5. The van der Waals surface area contributed by atoms with E-state index in [1.165, 1.54) is 0 Å². The predicted molar refractivity (Wildman–Crippen MR) is 68.4 cm³/mol. The standard InChI is InChI=1S/C13H24N2O3/c1-4-14-11-8-17-7-10(11)13(16)15(3)12-5-6-18-9(12)2/h9-12,14H,4-8H2,1-3H3. The largest absolute Gasteiger partial charge is 0.379 e. The summed E-state index contributed by atoms with van der Waals surface area (Å²) in [5, 5.41) is 3.33. The van der Waals surface area contributed by atoms with Crippen LogP contribution in [0.1, 0.15) is 20.3 Å². The quantitative estimate of drug-likeness (QED) is 0.783. The summed E-state index contributed by atoms with van der Waals surface area (Å²) in [6, 6.07) is 0.364. The molecule has 4 unspecified atom stereocenters. The molecule has 18 heavy (non-hydrogen) atoms. The monoisotopic (exact) mass is 256 g/mol. The van der Waals surface area contributed by atoms with E-state index in [9.17, 15) is 4.79 Å². The molecule has 2 aliphatic rings. The summed E-state index contributed by atoms with van der Waals surface area (Å²) in [7, 11) is 1.89. The third kappa shape index (κ3) is 2.68. The van der Waals surface area contributed by atoms with Crippen LogP contribution in [0.5, 0.6) is 0 Å². The van der Waals surface area contributed by atoms with E-state index in [-0.39, 0.29) is 30.0 Å². The number of rotatable bonds is 4. The van der Waals surface area contributed by atoms with Crippen LogP contribution in [0.25, 0.3) is 0 Å². The van der Waals surface area contributed by atoms with Gasteiger partial charge < -0.3 is 19.7 Å². The first kappa shape index (κ1) is 13.8. The summed E-state index contributed by atoms with van der Waals surface area (Å²) in [4.78, 5) is 14.4. The number of carbonyl (C=O) groups excluding carboxylic acids is 1. The molecule has 0 spiro atoms. The Balaban J connectivity index is 1.97. The van der Waals surface area contributed by atoms with Crippen molar-refractivity contribution in [2.75, 3.05) is 33.4 Å². The van der Waals surface area contributed by atoms with Crippen LogP contribution in [0, 0.1) is 5.92 Å². The molecule has 2 fully saturated rings. The molecule has 1 amide bonds. The maximum Gasteiger partial charge on any atom is 0.229 e. The van der Waals surface area contributed by atoms with Crippen molar-refractivity contribution in [2.45, 2.75) is 38.5 Å². The van der Waals surface area contributed by atoms with Gasteiger partial charge in [-0.3, -0.25) is 4.79 Å². The Morgan fingerprint density at radius 3 is 2.83 bits per heavy atom. The smallest absolute Gasteiger partial charge is 0.229 e. The van der Waals surface area contributed by atoms with Crippen LogP contribution >= 0.6 is 0 Å². The minimum Gasteiger partial charge on any atom is -0.379 e. The highest BCUT2D eigenvalue weighted by atomic mass is 16.5. The van der Waals surface area contributed by atoms with Gasteiger partial charge in [0.15, 0.2) is 0 Å². The second kappa shape index (κ2) is 5.99. The molecule has 0 aliphatic carbocycles. The van der Waals surface area contributed by atoms with E-state index in [0.717, 1.165) is 19.6 Å². The summed E-state index contributed by atoms with van der Waals surface area (Å²) in [5.41, 5.74) is 0. The number of carbonyl (C=O) groups is 1. The average molecular weight is 256 g/mol. The third-order valence-corrected chi connectivity index (χ3v) is 4.05. The van der Waals surface area contributed by atoms with E-state index in [2.05, 4.69) is 12.2 Å². The summed E-state index contributed by atoms with van der Waals surface area (Å²) >= 11 is 0. The third-order valence-electron chi connectivity index (χ3n) is 4.05. The predicted octanol–water partition coefficient (Wildman–Crippen LogP) is 0.247. The van der Waals surface area contributed by atoms with Gasteiger partial charge in [0.25, 0.3) is 0 Å². The lowest BCUT2D eigenvalue weighted by molar-refractivity contribution is -0.137. The van der Waals surface area contributed by atoms with E-state index in [4.69, 9.17) is 9.47 Å². The molecule has 0 radical (unpaired) electrons. The number of hydrogen-bond acceptors (Lipinski definition) is 4. The second-order valence-electron chi connectivity index (χ2n) is 5.19. The molecule has 0 saturated carbocycles. The van der Waals surface area contributed by atoms with Gasteiger partial charge in [0.05, 0.1) is 31.3 Å². The maximum absolute atomic E-state index is 12.5. The SMILES string of the molecule is CCNC1COCC1C(=O)N(C)C1CCOC1C. The fourth-order valence-corrected chi connectivity index (χ4v) is 2.92. The van der Waals surface area contributed by atoms with Crippen molar-refractivity contribution in [3.05, 3.63) is 0 Å². The lowest BCUT2D eigenvalue weighted by Gasteiger charge is -2.30. The van der Waals surface area contributed by atoms with Crippen LogP contribution in [0.3, 0.4) is 0 Å². The molecule has 0 aromatic heterocycles. The van der Waals surface area contributed by atoms with Crippen molar-refractivity contribution in [2.24, 2.45) is 5.92 Å². The first-order valence-corrected chi connectivity index (χ1v) is 6.84. The van der Waals surface area contributed by atoms with E-state index >= 15 is 0 Å². The molecule has 2 heterocycles. The van der Waals surface area contributed by atoms with Crippen LogP contribution in [0.4, 0.5) is 0 Å². The van der Waals surface area contributed by atoms with E-state index < -0.39 is 0 Å². The first-order chi connectivity index (χ1) is 8.65. The lowest BCUT2D eigenvalue weighted by atomic mass is 10.00. The Morgan fingerprint density at radius 2 is 2.22 bits per heavy atom. The Bertz CT molecular complexity index is 298. The molecule has 0 aromatic rings. The van der Waals surface area contributed by atoms with Gasteiger partial charge in [0.1, 0.15) is 0 Å². The molecule has 4 atom stereocenters. The number of ether oxygens (including phenoxy) is 2. The number of nitrogens with one attached hydrogen (secondary N) is 1. The lowest BCUT2D eigenvalue weighted by Crippen LogP contribution is -2.49. The molecule has 1 N–H and O–H groups in total. The van der Waals surface area contributed by atoms with Gasteiger partial charge in [-0.15, -0.1) is 0 Å². The van der Waals surface area contributed by atoms with Crippen molar-refractivity contribution in [1.29, 1.82) is 0 Å². The van der Waals surface area contributed by atoms with E-state index in [0.29, 0.717) is 13.2 Å². The van der Waals surface area contributed by atoms with Crippen molar-refractivity contribution >= 4 is 5.91 Å². The summed E-state index contributed by atoms with van der Waals surface area (Å²) in [5.74, 6) is 0.128. The van der Waals surface area contributed by atoms with Crippen molar-refractivity contribution < 1.29 is 14.3 Å². The van der Waals surface area contributed by atoms with Crippen molar-refractivity contribution in [3.8, 4) is 0 Å². The molecule has 0 aromatic carbocycles. The van der Waals surface area contributed by atoms with E-state index in [1.54, 1.807) is 0 Å². The molecule has 104 valence electrons. The molecule has 0 bridgehead atoms. The fraction of sp³-hybridized carbons (Fsp3) is 0.923. The normalized spacial score (nSPS) is 35.9. The van der Waals surface area contributed by atoms with Gasteiger partial charge in [-0.05, 0) is 19.9 Å². The zero-order valence-electron chi connectivity index (χ0n) is 11.5. The summed E-state index contributed by atoms with van der Waals surface area (Å²) in [6.07, 6.45) is 1.07. The Kier molecular flexibility index (Phi) is 4.59. The van der Waals surface area contributed by atoms with Crippen LogP contribution < -0.4 is 5.32 Å². The summed E-state index contributed by atoms with van der Waals surface area (Å²) in [6.45, 7) is 6.87. The first-order valence-electron chi connectivity index (χ1n) is 6.84. The van der Waals surface area contributed by atoms with Crippen LogP contribution in [-0.4, -0.2) is 62.4 Å². The number of nitrogens with zero attached hydrogens (tertiary/aromatic N) is 1. The molecule has 5 heteroatoms. The molecular weight excluding hydrogens is 232 g/mol. The van der Waals surface area contributed by atoms with Crippen molar-refractivity contribution in [1.82, 2.24) is 10.2 Å². The molecular formula is C13H24N2O3. The summed E-state index contributed by atoms with van der Waals surface area (Å²) < 4.78 is 11.0.